The Morgan fingerprint density at radius 2 is 2.20 bits per heavy atom. The number of anilines is 1. The Kier molecular flexibility index (Phi) is 4.40. The number of carbonyl (C=O) groups excluding carboxylic acids is 1. The second kappa shape index (κ2) is 6.23. The van der Waals surface area contributed by atoms with Crippen LogP contribution in [0.1, 0.15) is 36.5 Å². The van der Waals surface area contributed by atoms with Crippen LogP contribution in [0.2, 0.25) is 0 Å². The molecule has 1 heterocycles. The number of ether oxygens (including phenoxy) is 1. The Balaban J connectivity index is 2.42. The molecule has 2 N–H and O–H groups in total. The summed E-state index contributed by atoms with van der Waals surface area (Å²) in [6.45, 7) is 4.23. The maximum absolute atomic E-state index is 11.8. The zero-order valence-electron chi connectivity index (χ0n) is 11.8. The fourth-order valence-electron chi connectivity index (χ4n) is 2.06. The number of hydrogen-bond donors (Lipinski definition) is 1. The van der Waals surface area contributed by atoms with Gasteiger partial charge in [0.15, 0.2) is 0 Å². The first kappa shape index (κ1) is 14.1. The van der Waals surface area contributed by atoms with Crippen LogP contribution in [-0.2, 0) is 11.2 Å². The summed E-state index contributed by atoms with van der Waals surface area (Å²) in [5.41, 5.74) is 7.88. The lowest BCUT2D eigenvalue weighted by Crippen LogP contribution is -2.08. The van der Waals surface area contributed by atoms with Crippen LogP contribution in [-0.4, -0.2) is 22.1 Å². The van der Waals surface area contributed by atoms with Gasteiger partial charge >= 0.3 is 5.97 Å². The SMILES string of the molecule is CCCc1nccn1-c1cc(C(=O)OCC)ccc1N. The molecule has 0 aliphatic heterocycles. The summed E-state index contributed by atoms with van der Waals surface area (Å²) in [6.07, 6.45) is 5.44. The van der Waals surface area contributed by atoms with E-state index in [1.54, 1.807) is 31.3 Å². The zero-order chi connectivity index (χ0) is 14.5. The third kappa shape index (κ3) is 2.82. The lowest BCUT2D eigenvalue weighted by atomic mass is 10.1. The van der Waals surface area contributed by atoms with E-state index in [4.69, 9.17) is 10.5 Å². The molecule has 0 amide bonds. The summed E-state index contributed by atoms with van der Waals surface area (Å²) in [5.74, 6) is 0.589. The molecule has 0 fully saturated rings. The maximum atomic E-state index is 11.8. The predicted molar refractivity (Wildman–Crippen MR) is 77.9 cm³/mol. The van der Waals surface area contributed by atoms with Crippen molar-refractivity contribution in [3.8, 4) is 5.69 Å². The van der Waals surface area contributed by atoms with Crippen molar-refractivity contribution in [2.45, 2.75) is 26.7 Å². The quantitative estimate of drug-likeness (QED) is 0.671. The van der Waals surface area contributed by atoms with Crippen molar-refractivity contribution >= 4 is 11.7 Å². The molecular weight excluding hydrogens is 254 g/mol. The number of nitrogens with zero attached hydrogens (tertiary/aromatic N) is 2. The zero-order valence-corrected chi connectivity index (χ0v) is 11.8. The first-order valence-corrected chi connectivity index (χ1v) is 6.76. The predicted octanol–water partition coefficient (Wildman–Crippen LogP) is 2.58. The van der Waals surface area contributed by atoms with Gasteiger partial charge in [0.2, 0.25) is 0 Å². The number of esters is 1. The first-order chi connectivity index (χ1) is 9.67. The molecular formula is C15H19N3O2. The summed E-state index contributed by atoms with van der Waals surface area (Å²) in [6, 6.07) is 5.14. The molecule has 2 rings (SSSR count). The molecule has 0 unspecified atom stereocenters. The number of rotatable bonds is 5. The van der Waals surface area contributed by atoms with Gasteiger partial charge in [0, 0.05) is 18.8 Å². The molecule has 5 heteroatoms. The summed E-state index contributed by atoms with van der Waals surface area (Å²) >= 11 is 0. The van der Waals surface area contributed by atoms with Gasteiger partial charge in [-0.05, 0) is 31.5 Å². The van der Waals surface area contributed by atoms with Crippen molar-refractivity contribution in [2.75, 3.05) is 12.3 Å². The number of nitrogens with two attached hydrogens (primary N) is 1. The minimum Gasteiger partial charge on any atom is -0.462 e. The third-order valence-electron chi connectivity index (χ3n) is 2.99. The van der Waals surface area contributed by atoms with E-state index < -0.39 is 0 Å². The van der Waals surface area contributed by atoms with Crippen LogP contribution in [0.15, 0.2) is 30.6 Å². The number of nitrogen functional groups attached to an aromatic ring is 1. The van der Waals surface area contributed by atoms with Gasteiger partial charge in [-0.15, -0.1) is 0 Å². The number of aromatic nitrogens is 2. The number of carbonyl (C=O) groups is 1. The molecule has 0 spiro atoms. The van der Waals surface area contributed by atoms with Gasteiger partial charge in [0.25, 0.3) is 0 Å². The number of benzene rings is 1. The van der Waals surface area contributed by atoms with Crippen LogP contribution < -0.4 is 5.73 Å². The van der Waals surface area contributed by atoms with Crippen LogP contribution in [0.3, 0.4) is 0 Å². The summed E-state index contributed by atoms with van der Waals surface area (Å²) in [4.78, 5) is 16.1. The highest BCUT2D eigenvalue weighted by atomic mass is 16.5. The van der Waals surface area contributed by atoms with Crippen molar-refractivity contribution in [1.82, 2.24) is 9.55 Å². The van der Waals surface area contributed by atoms with E-state index in [1.807, 2.05) is 10.8 Å². The normalized spacial score (nSPS) is 10.5. The Hall–Kier alpha value is -2.30. The van der Waals surface area contributed by atoms with Crippen molar-refractivity contribution in [3.05, 3.63) is 42.0 Å². The monoisotopic (exact) mass is 273 g/mol. The van der Waals surface area contributed by atoms with E-state index in [0.717, 1.165) is 24.4 Å². The molecule has 0 aliphatic carbocycles. The smallest absolute Gasteiger partial charge is 0.338 e. The molecule has 0 bridgehead atoms. The van der Waals surface area contributed by atoms with Gasteiger partial charge in [-0.25, -0.2) is 9.78 Å². The second-order valence-electron chi connectivity index (χ2n) is 4.46. The van der Waals surface area contributed by atoms with E-state index >= 15 is 0 Å². The van der Waals surface area contributed by atoms with E-state index in [-0.39, 0.29) is 5.97 Å². The fraction of sp³-hybridized carbons (Fsp3) is 0.333. The minimum atomic E-state index is -0.342. The molecule has 5 nitrogen and oxygen atoms in total. The number of imidazole rings is 1. The molecule has 0 radical (unpaired) electrons. The maximum Gasteiger partial charge on any atom is 0.338 e. The fourth-order valence-corrected chi connectivity index (χ4v) is 2.06. The lowest BCUT2D eigenvalue weighted by Gasteiger charge is -2.12. The summed E-state index contributed by atoms with van der Waals surface area (Å²) < 4.78 is 6.93. The molecule has 2 aromatic rings. The van der Waals surface area contributed by atoms with Crippen LogP contribution in [0.5, 0.6) is 0 Å². The van der Waals surface area contributed by atoms with Crippen molar-refractivity contribution in [1.29, 1.82) is 0 Å². The van der Waals surface area contributed by atoms with Crippen molar-refractivity contribution in [3.63, 3.8) is 0 Å². The van der Waals surface area contributed by atoms with Crippen molar-refractivity contribution in [2.24, 2.45) is 0 Å². The highest BCUT2D eigenvalue weighted by molar-refractivity contribution is 5.91. The Morgan fingerprint density at radius 3 is 2.90 bits per heavy atom. The minimum absolute atomic E-state index is 0.342. The second-order valence-corrected chi connectivity index (χ2v) is 4.46. The Labute approximate surface area is 118 Å². The first-order valence-electron chi connectivity index (χ1n) is 6.76. The average Bonchev–Trinajstić information content (AvgIpc) is 2.88. The molecule has 20 heavy (non-hydrogen) atoms. The van der Waals surface area contributed by atoms with Gasteiger partial charge < -0.3 is 15.0 Å². The number of hydrogen-bond acceptors (Lipinski definition) is 4. The van der Waals surface area contributed by atoms with Crippen LogP contribution in [0.4, 0.5) is 5.69 Å². The van der Waals surface area contributed by atoms with E-state index in [2.05, 4.69) is 11.9 Å². The molecule has 1 aromatic heterocycles. The Morgan fingerprint density at radius 1 is 1.40 bits per heavy atom. The highest BCUT2D eigenvalue weighted by Gasteiger charge is 2.12. The van der Waals surface area contributed by atoms with Gasteiger partial charge in [0.1, 0.15) is 5.82 Å². The standard InChI is InChI=1S/C15H19N3O2/c1-3-5-14-17-8-9-18(14)13-10-11(6-7-12(13)16)15(19)20-4-2/h6-10H,3-5,16H2,1-2H3. The molecule has 106 valence electrons. The van der Waals surface area contributed by atoms with Crippen molar-refractivity contribution < 1.29 is 9.53 Å². The molecule has 0 saturated heterocycles. The molecule has 0 aliphatic rings. The van der Waals surface area contributed by atoms with E-state index in [0.29, 0.717) is 17.9 Å². The third-order valence-corrected chi connectivity index (χ3v) is 2.99. The largest absolute Gasteiger partial charge is 0.462 e. The van der Waals surface area contributed by atoms with Gasteiger partial charge in [-0.2, -0.15) is 0 Å². The van der Waals surface area contributed by atoms with E-state index in [9.17, 15) is 4.79 Å². The highest BCUT2D eigenvalue weighted by Crippen LogP contribution is 2.21. The van der Waals surface area contributed by atoms with Crippen LogP contribution in [0.25, 0.3) is 5.69 Å². The number of aryl methyl sites for hydroxylation is 1. The average molecular weight is 273 g/mol. The summed E-state index contributed by atoms with van der Waals surface area (Å²) in [7, 11) is 0. The molecule has 1 aromatic carbocycles. The van der Waals surface area contributed by atoms with E-state index in [1.165, 1.54) is 0 Å². The van der Waals surface area contributed by atoms with Gasteiger partial charge in [0.05, 0.1) is 23.5 Å². The summed E-state index contributed by atoms with van der Waals surface area (Å²) in [5, 5.41) is 0. The topological polar surface area (TPSA) is 70.1 Å². The Bertz CT molecular complexity index is 605. The van der Waals surface area contributed by atoms with Crippen LogP contribution in [0, 0.1) is 0 Å². The lowest BCUT2D eigenvalue weighted by molar-refractivity contribution is 0.0526. The van der Waals surface area contributed by atoms with Crippen LogP contribution >= 0.6 is 0 Å². The molecule has 0 saturated carbocycles. The van der Waals surface area contributed by atoms with Gasteiger partial charge in [-0.1, -0.05) is 6.92 Å². The molecule has 0 atom stereocenters. The van der Waals surface area contributed by atoms with Gasteiger partial charge in [-0.3, -0.25) is 0 Å².